The Morgan fingerprint density at radius 3 is 1.38 bits per heavy atom. The number of aliphatic carboxylic acids is 2. The second-order valence-electron chi connectivity index (χ2n) is 8.56. The molecule has 2 N–H and O–H groups in total. The summed E-state index contributed by atoms with van der Waals surface area (Å²) >= 11 is 0. The molecule has 1 aromatic rings. The molecule has 0 aliphatic carbocycles. The zero-order valence-corrected chi connectivity index (χ0v) is 16.7. The van der Waals surface area contributed by atoms with Crippen molar-refractivity contribution in [1.82, 2.24) is 0 Å². The van der Waals surface area contributed by atoms with Gasteiger partial charge in [-0.2, -0.15) is 0 Å². The molecule has 0 aromatic heterocycles. The third-order valence-electron chi connectivity index (χ3n) is 5.27. The fraction of sp³-hybridized carbons (Fsp3) is 0.636. The van der Waals surface area contributed by atoms with Crippen LogP contribution in [0.2, 0.25) is 0 Å². The van der Waals surface area contributed by atoms with Crippen LogP contribution in [0.15, 0.2) is 24.3 Å². The van der Waals surface area contributed by atoms with Gasteiger partial charge in [0, 0.05) is 0 Å². The van der Waals surface area contributed by atoms with E-state index in [0.29, 0.717) is 12.8 Å². The lowest BCUT2D eigenvalue weighted by Crippen LogP contribution is -2.23. The lowest BCUT2D eigenvalue weighted by atomic mass is 9.86. The Bertz CT molecular complexity index is 549. The van der Waals surface area contributed by atoms with E-state index in [-0.39, 0.29) is 0 Å². The molecule has 1 rings (SSSR count). The van der Waals surface area contributed by atoms with E-state index < -0.39 is 22.8 Å². The summed E-state index contributed by atoms with van der Waals surface area (Å²) in [6, 6.07) is 8.40. The number of benzene rings is 1. The molecule has 0 aliphatic rings. The molecular formula is C22H34O4. The highest BCUT2D eigenvalue weighted by Crippen LogP contribution is 2.26. The number of rotatable bonds is 12. The SMILES string of the molecule is CC(C)(CCCCc1ccccc1CCCCC(C)(C)C(=O)O)C(=O)O. The summed E-state index contributed by atoms with van der Waals surface area (Å²) in [4.78, 5) is 22.3. The molecular weight excluding hydrogens is 328 g/mol. The Labute approximate surface area is 157 Å². The van der Waals surface area contributed by atoms with Crippen molar-refractivity contribution in [2.24, 2.45) is 10.8 Å². The summed E-state index contributed by atoms with van der Waals surface area (Å²) in [5.41, 5.74) is 1.35. The van der Waals surface area contributed by atoms with Crippen molar-refractivity contribution >= 4 is 11.9 Å². The highest BCUT2D eigenvalue weighted by atomic mass is 16.4. The van der Waals surface area contributed by atoms with Gasteiger partial charge in [0.1, 0.15) is 0 Å². The zero-order chi connectivity index (χ0) is 19.8. The van der Waals surface area contributed by atoms with Crippen LogP contribution in [-0.2, 0) is 22.4 Å². The number of unbranched alkanes of at least 4 members (excludes halogenated alkanes) is 2. The van der Waals surface area contributed by atoms with Crippen molar-refractivity contribution in [3.8, 4) is 0 Å². The largest absolute Gasteiger partial charge is 0.481 e. The summed E-state index contributed by atoms with van der Waals surface area (Å²) in [5, 5.41) is 18.4. The molecule has 0 saturated heterocycles. The van der Waals surface area contributed by atoms with E-state index in [1.165, 1.54) is 11.1 Å². The molecule has 0 aliphatic heterocycles. The molecule has 4 nitrogen and oxygen atoms in total. The van der Waals surface area contributed by atoms with Crippen molar-refractivity contribution in [3.63, 3.8) is 0 Å². The highest BCUT2D eigenvalue weighted by molar-refractivity contribution is 5.73. The van der Waals surface area contributed by atoms with Gasteiger partial charge < -0.3 is 10.2 Å². The van der Waals surface area contributed by atoms with Crippen LogP contribution >= 0.6 is 0 Å². The maximum absolute atomic E-state index is 11.2. The predicted molar refractivity (Wildman–Crippen MR) is 104 cm³/mol. The van der Waals surface area contributed by atoms with Gasteiger partial charge in [-0.1, -0.05) is 37.1 Å². The number of hydrogen-bond donors (Lipinski definition) is 2. The van der Waals surface area contributed by atoms with Crippen molar-refractivity contribution in [2.75, 3.05) is 0 Å². The first-order chi connectivity index (χ1) is 12.1. The van der Waals surface area contributed by atoms with E-state index in [1.807, 2.05) is 12.1 Å². The van der Waals surface area contributed by atoms with Gasteiger partial charge in [0.2, 0.25) is 0 Å². The Hall–Kier alpha value is -1.84. The quantitative estimate of drug-likeness (QED) is 0.493. The third-order valence-corrected chi connectivity index (χ3v) is 5.27. The minimum atomic E-state index is -0.734. The first-order valence-corrected chi connectivity index (χ1v) is 9.60. The number of hydrogen-bond acceptors (Lipinski definition) is 2. The van der Waals surface area contributed by atoms with Crippen LogP contribution in [-0.4, -0.2) is 22.2 Å². The van der Waals surface area contributed by atoms with E-state index in [4.69, 9.17) is 0 Å². The van der Waals surface area contributed by atoms with Gasteiger partial charge in [0.25, 0.3) is 0 Å². The van der Waals surface area contributed by atoms with E-state index in [9.17, 15) is 19.8 Å². The molecule has 0 fully saturated rings. The van der Waals surface area contributed by atoms with Gasteiger partial charge in [-0.3, -0.25) is 9.59 Å². The summed E-state index contributed by atoms with van der Waals surface area (Å²) < 4.78 is 0. The molecule has 4 heteroatoms. The number of carboxylic acid groups (broad SMARTS) is 2. The Morgan fingerprint density at radius 1 is 0.731 bits per heavy atom. The number of carboxylic acids is 2. The second-order valence-corrected chi connectivity index (χ2v) is 8.56. The van der Waals surface area contributed by atoms with E-state index in [2.05, 4.69) is 12.1 Å². The minimum Gasteiger partial charge on any atom is -0.481 e. The van der Waals surface area contributed by atoms with E-state index >= 15 is 0 Å². The first kappa shape index (κ1) is 22.2. The third kappa shape index (κ3) is 7.19. The zero-order valence-electron chi connectivity index (χ0n) is 16.7. The van der Waals surface area contributed by atoms with Crippen LogP contribution in [0.5, 0.6) is 0 Å². The van der Waals surface area contributed by atoms with E-state index in [1.54, 1.807) is 27.7 Å². The van der Waals surface area contributed by atoms with Crippen LogP contribution in [0.1, 0.15) is 77.3 Å². The van der Waals surface area contributed by atoms with Crippen LogP contribution in [0.4, 0.5) is 0 Å². The first-order valence-electron chi connectivity index (χ1n) is 9.60. The average Bonchev–Trinajstić information content (AvgIpc) is 2.56. The molecule has 0 saturated carbocycles. The normalized spacial score (nSPS) is 12.2. The van der Waals surface area contributed by atoms with Crippen molar-refractivity contribution < 1.29 is 19.8 Å². The molecule has 1 aromatic carbocycles. The second kappa shape index (κ2) is 9.75. The molecule has 0 unspecified atom stereocenters. The molecule has 0 atom stereocenters. The molecule has 26 heavy (non-hydrogen) atoms. The molecule has 0 radical (unpaired) electrons. The summed E-state index contributed by atoms with van der Waals surface area (Å²) in [5.74, 6) is -1.47. The monoisotopic (exact) mass is 362 g/mol. The van der Waals surface area contributed by atoms with Crippen LogP contribution < -0.4 is 0 Å². The van der Waals surface area contributed by atoms with Gasteiger partial charge in [0.15, 0.2) is 0 Å². The van der Waals surface area contributed by atoms with Gasteiger partial charge in [-0.15, -0.1) is 0 Å². The number of carbonyl (C=O) groups is 2. The maximum Gasteiger partial charge on any atom is 0.309 e. The van der Waals surface area contributed by atoms with Crippen molar-refractivity contribution in [3.05, 3.63) is 35.4 Å². The smallest absolute Gasteiger partial charge is 0.309 e. The average molecular weight is 363 g/mol. The Morgan fingerprint density at radius 2 is 1.08 bits per heavy atom. The molecule has 0 amide bonds. The molecule has 0 heterocycles. The molecule has 0 bridgehead atoms. The Balaban J connectivity index is 2.45. The summed E-state index contributed by atoms with van der Waals surface area (Å²) in [6.07, 6.45) is 7.09. The van der Waals surface area contributed by atoms with Crippen LogP contribution in [0, 0.1) is 10.8 Å². The lowest BCUT2D eigenvalue weighted by molar-refractivity contribution is -0.148. The van der Waals surface area contributed by atoms with Crippen molar-refractivity contribution in [1.29, 1.82) is 0 Å². The summed E-state index contributed by atoms with van der Waals surface area (Å²) in [7, 11) is 0. The van der Waals surface area contributed by atoms with Gasteiger partial charge in [-0.25, -0.2) is 0 Å². The van der Waals surface area contributed by atoms with Crippen LogP contribution in [0.3, 0.4) is 0 Å². The fourth-order valence-corrected chi connectivity index (χ4v) is 3.02. The predicted octanol–water partition coefficient (Wildman–Crippen LogP) is 5.33. The van der Waals surface area contributed by atoms with Crippen molar-refractivity contribution in [2.45, 2.75) is 79.1 Å². The molecule has 146 valence electrons. The summed E-state index contributed by atoms with van der Waals surface area (Å²) in [6.45, 7) is 7.12. The topological polar surface area (TPSA) is 74.6 Å². The van der Waals surface area contributed by atoms with Gasteiger partial charge in [0.05, 0.1) is 10.8 Å². The Kier molecular flexibility index (Phi) is 8.32. The lowest BCUT2D eigenvalue weighted by Gasteiger charge is -2.19. The fourth-order valence-electron chi connectivity index (χ4n) is 3.02. The standard InChI is InChI=1S/C22H34O4/c1-21(2,19(23)24)15-9-7-13-17-11-5-6-12-18(17)14-8-10-16-22(3,4)20(25)26/h5-6,11-12H,7-10,13-16H2,1-4H3,(H,23,24)(H,25,26). The molecule has 0 spiro atoms. The van der Waals surface area contributed by atoms with Gasteiger partial charge >= 0.3 is 11.9 Å². The maximum atomic E-state index is 11.2. The van der Waals surface area contributed by atoms with Gasteiger partial charge in [-0.05, 0) is 77.3 Å². The minimum absolute atomic E-state index is 0.656. The van der Waals surface area contributed by atoms with Crippen LogP contribution in [0.25, 0.3) is 0 Å². The van der Waals surface area contributed by atoms with E-state index in [0.717, 1.165) is 38.5 Å². The number of aryl methyl sites for hydroxylation is 2. The highest BCUT2D eigenvalue weighted by Gasteiger charge is 2.26.